The van der Waals surface area contributed by atoms with E-state index in [9.17, 15) is 36.2 Å². The van der Waals surface area contributed by atoms with Gasteiger partial charge < -0.3 is 5.11 Å². The van der Waals surface area contributed by atoms with Crippen molar-refractivity contribution in [2.24, 2.45) is 0 Å². The molecule has 1 N–H and O–H groups in total. The van der Waals surface area contributed by atoms with Crippen LogP contribution in [0, 0.1) is 13.8 Å². The van der Waals surface area contributed by atoms with E-state index in [1.165, 1.54) is 26.8 Å². The fraction of sp³-hybridized carbons (Fsp3) is 0.350. The van der Waals surface area contributed by atoms with E-state index in [0.717, 1.165) is 24.3 Å². The summed E-state index contributed by atoms with van der Waals surface area (Å²) in [5.74, 6) is -0.362. The molecule has 8 heteroatoms. The van der Waals surface area contributed by atoms with E-state index in [1.54, 1.807) is 13.0 Å². The maximum Gasteiger partial charge on any atom is 0.416 e. The van der Waals surface area contributed by atoms with Crippen molar-refractivity contribution in [3.05, 3.63) is 69.8 Å². The third-order valence-corrected chi connectivity index (χ3v) is 3.72. The summed E-state index contributed by atoms with van der Waals surface area (Å²) in [5, 5.41) is 9.17. The maximum atomic E-state index is 12.3. The first-order valence-electron chi connectivity index (χ1n) is 8.18. The second-order valence-corrected chi connectivity index (χ2v) is 6.45. The average molecular weight is 406 g/mol. The predicted octanol–water partition coefficient (Wildman–Crippen LogP) is 6.28. The van der Waals surface area contributed by atoms with Crippen LogP contribution in [0.25, 0.3) is 0 Å². The highest BCUT2D eigenvalue weighted by molar-refractivity contribution is 5.94. The third-order valence-electron chi connectivity index (χ3n) is 3.72. The predicted molar refractivity (Wildman–Crippen MR) is 93.0 cm³/mol. The lowest BCUT2D eigenvalue weighted by Gasteiger charge is -2.11. The lowest BCUT2D eigenvalue weighted by atomic mass is 10.0. The van der Waals surface area contributed by atoms with Gasteiger partial charge in [0.25, 0.3) is 0 Å². The molecular formula is C20H20F6O2. The molecule has 2 aromatic rings. The Morgan fingerprint density at radius 1 is 0.821 bits per heavy atom. The van der Waals surface area contributed by atoms with Gasteiger partial charge in [-0.3, -0.25) is 4.79 Å². The standard InChI is InChI=1S/C10H11F3O.C10H9F3O/c2*1-6-3-8(7(2)14)5-9(4-6)10(11,12)13/h3-5,7,14H,1-2H3;3-5H,1-2H3/t7-;/m1./s1. The Morgan fingerprint density at radius 3 is 1.64 bits per heavy atom. The molecule has 0 unspecified atom stereocenters. The van der Waals surface area contributed by atoms with E-state index in [4.69, 9.17) is 0 Å². The van der Waals surface area contributed by atoms with Crippen molar-refractivity contribution in [1.82, 2.24) is 0 Å². The molecule has 0 radical (unpaired) electrons. The number of rotatable bonds is 2. The van der Waals surface area contributed by atoms with Crippen LogP contribution in [-0.4, -0.2) is 10.9 Å². The molecule has 2 nitrogen and oxygen atoms in total. The van der Waals surface area contributed by atoms with Gasteiger partial charge in [-0.25, -0.2) is 0 Å². The minimum Gasteiger partial charge on any atom is -0.389 e. The van der Waals surface area contributed by atoms with Crippen molar-refractivity contribution in [2.45, 2.75) is 46.2 Å². The second kappa shape index (κ2) is 8.77. The van der Waals surface area contributed by atoms with Crippen molar-refractivity contribution in [3.8, 4) is 0 Å². The number of aliphatic hydroxyl groups is 1. The molecule has 0 aliphatic heterocycles. The molecule has 0 bridgehead atoms. The van der Waals surface area contributed by atoms with Crippen molar-refractivity contribution in [3.63, 3.8) is 0 Å². The zero-order valence-electron chi connectivity index (χ0n) is 15.7. The van der Waals surface area contributed by atoms with E-state index in [0.29, 0.717) is 11.1 Å². The fourth-order valence-corrected chi connectivity index (χ4v) is 2.37. The highest BCUT2D eigenvalue weighted by Crippen LogP contribution is 2.32. The molecule has 2 rings (SSSR count). The number of aliphatic hydroxyl groups excluding tert-OH is 1. The molecule has 0 aliphatic carbocycles. The molecule has 0 saturated heterocycles. The third kappa shape index (κ3) is 6.99. The summed E-state index contributed by atoms with van der Waals surface area (Å²) >= 11 is 0. The highest BCUT2D eigenvalue weighted by atomic mass is 19.4. The van der Waals surface area contributed by atoms with Gasteiger partial charge in [-0.05, 0) is 69.2 Å². The molecular weight excluding hydrogens is 386 g/mol. The van der Waals surface area contributed by atoms with Gasteiger partial charge in [0.15, 0.2) is 5.78 Å². The van der Waals surface area contributed by atoms with Gasteiger partial charge >= 0.3 is 12.4 Å². The van der Waals surface area contributed by atoms with Gasteiger partial charge in [-0.15, -0.1) is 0 Å². The average Bonchev–Trinajstić information content (AvgIpc) is 2.52. The minimum atomic E-state index is -4.39. The molecule has 2 aromatic carbocycles. The highest BCUT2D eigenvalue weighted by Gasteiger charge is 2.31. The van der Waals surface area contributed by atoms with E-state index >= 15 is 0 Å². The first-order chi connectivity index (χ1) is 12.6. The maximum absolute atomic E-state index is 12.3. The fourth-order valence-electron chi connectivity index (χ4n) is 2.37. The number of alkyl halides is 6. The number of carbonyl (C=O) groups is 1. The topological polar surface area (TPSA) is 37.3 Å². The van der Waals surface area contributed by atoms with Crippen LogP contribution in [-0.2, 0) is 12.4 Å². The molecule has 0 aliphatic rings. The van der Waals surface area contributed by atoms with Crippen molar-refractivity contribution < 1.29 is 36.2 Å². The number of aryl methyl sites for hydroxylation is 2. The van der Waals surface area contributed by atoms with Crippen molar-refractivity contribution in [2.75, 3.05) is 0 Å². The van der Waals surface area contributed by atoms with Crippen LogP contribution >= 0.6 is 0 Å². The van der Waals surface area contributed by atoms with Crippen molar-refractivity contribution >= 4 is 5.78 Å². The van der Waals surface area contributed by atoms with Crippen LogP contribution in [0.1, 0.15) is 58.1 Å². The minimum absolute atomic E-state index is 0.0947. The van der Waals surface area contributed by atoms with E-state index in [-0.39, 0.29) is 16.9 Å². The number of halogens is 6. The lowest BCUT2D eigenvalue weighted by Crippen LogP contribution is -2.07. The number of hydrogen-bond acceptors (Lipinski definition) is 2. The SMILES string of the molecule is CC(=O)c1cc(C)cc(C(F)(F)F)c1.Cc1cc([C@@H](C)O)cc(C(F)(F)F)c1. The Bertz CT molecular complexity index is 836. The monoisotopic (exact) mass is 406 g/mol. The number of carbonyl (C=O) groups excluding carboxylic acids is 1. The normalized spacial score (nSPS) is 12.8. The summed E-state index contributed by atoms with van der Waals surface area (Å²) < 4.78 is 73.9. The molecule has 28 heavy (non-hydrogen) atoms. The first-order valence-corrected chi connectivity index (χ1v) is 8.18. The van der Waals surface area contributed by atoms with Crippen molar-refractivity contribution in [1.29, 1.82) is 0 Å². The van der Waals surface area contributed by atoms with E-state index in [1.807, 2.05) is 0 Å². The number of hydrogen-bond donors (Lipinski definition) is 1. The van der Waals surface area contributed by atoms with Crippen LogP contribution in [0.3, 0.4) is 0 Å². The number of benzene rings is 2. The Kier molecular flexibility index (Phi) is 7.42. The van der Waals surface area contributed by atoms with Gasteiger partial charge in [0, 0.05) is 5.56 Å². The molecule has 0 aromatic heterocycles. The molecule has 0 amide bonds. The molecule has 0 saturated carbocycles. The van der Waals surface area contributed by atoms with Crippen LogP contribution in [0.5, 0.6) is 0 Å². The zero-order chi connectivity index (χ0) is 21.9. The summed E-state index contributed by atoms with van der Waals surface area (Å²) in [4.78, 5) is 10.9. The smallest absolute Gasteiger partial charge is 0.389 e. The second-order valence-electron chi connectivity index (χ2n) is 6.45. The van der Waals surface area contributed by atoms with Gasteiger partial charge in [-0.1, -0.05) is 11.6 Å². The summed E-state index contributed by atoms with van der Waals surface area (Å²) in [6.45, 7) is 5.78. The Morgan fingerprint density at radius 2 is 1.25 bits per heavy atom. The van der Waals surface area contributed by atoms with E-state index in [2.05, 4.69) is 0 Å². The Balaban J connectivity index is 0.000000280. The van der Waals surface area contributed by atoms with Crippen LogP contribution in [0.2, 0.25) is 0 Å². The lowest BCUT2D eigenvalue weighted by molar-refractivity contribution is -0.138. The quantitative estimate of drug-likeness (QED) is 0.471. The van der Waals surface area contributed by atoms with E-state index < -0.39 is 29.6 Å². The number of ketones is 1. The largest absolute Gasteiger partial charge is 0.416 e. The van der Waals surface area contributed by atoms with Gasteiger partial charge in [0.2, 0.25) is 0 Å². The summed E-state index contributed by atoms with van der Waals surface area (Å²) in [7, 11) is 0. The van der Waals surface area contributed by atoms with Crippen LogP contribution in [0.15, 0.2) is 36.4 Å². The van der Waals surface area contributed by atoms with Gasteiger partial charge in [0.1, 0.15) is 0 Å². The first kappa shape index (κ1) is 23.7. The molecule has 1 atom stereocenters. The Hall–Kier alpha value is -2.35. The molecule has 0 fully saturated rings. The molecule has 0 spiro atoms. The summed E-state index contributed by atoms with van der Waals surface area (Å²) in [6, 6.07) is 6.91. The van der Waals surface area contributed by atoms with Gasteiger partial charge in [-0.2, -0.15) is 26.3 Å². The Labute approximate surface area is 158 Å². The zero-order valence-corrected chi connectivity index (χ0v) is 15.7. The molecule has 154 valence electrons. The summed E-state index contributed by atoms with van der Waals surface area (Å²) in [5.41, 5.74) is -0.175. The van der Waals surface area contributed by atoms with Crippen LogP contribution < -0.4 is 0 Å². The molecule has 0 heterocycles. The van der Waals surface area contributed by atoms with Gasteiger partial charge in [0.05, 0.1) is 17.2 Å². The summed E-state index contributed by atoms with van der Waals surface area (Å²) in [6.07, 6.45) is -9.62. The van der Waals surface area contributed by atoms with Crippen LogP contribution in [0.4, 0.5) is 26.3 Å². The number of Topliss-reactive ketones (excluding diaryl/α,β-unsaturated/α-hetero) is 1.